The van der Waals surface area contributed by atoms with Gasteiger partial charge in [0, 0.05) is 37.6 Å². The molecule has 1 aromatic heterocycles. The lowest BCUT2D eigenvalue weighted by atomic mass is 9.99. The summed E-state index contributed by atoms with van der Waals surface area (Å²) in [6, 6.07) is -0.132. The third-order valence-corrected chi connectivity index (χ3v) is 3.56. The van der Waals surface area contributed by atoms with Crippen molar-refractivity contribution < 1.29 is 18.3 Å². The molecule has 1 saturated heterocycles. The standard InChI is InChI=1S/C14H17F3N4O/c1-3-4-11-9-18-5-6-21(11)12-19-7-10(8-20-12)13(2,22)14(15,16)17/h7-8,11,18,22H,5-6,9H2,1-2H3/t11-,13+/m0/s1. The van der Waals surface area contributed by atoms with Crippen LogP contribution in [0.15, 0.2) is 12.4 Å². The molecular formula is C14H17F3N4O. The number of aliphatic hydroxyl groups is 1. The zero-order valence-electron chi connectivity index (χ0n) is 12.3. The molecule has 1 fully saturated rings. The van der Waals surface area contributed by atoms with Crippen LogP contribution < -0.4 is 10.2 Å². The van der Waals surface area contributed by atoms with E-state index in [9.17, 15) is 18.3 Å². The van der Waals surface area contributed by atoms with Gasteiger partial charge in [0.1, 0.15) is 6.04 Å². The number of nitrogens with zero attached hydrogens (tertiary/aromatic N) is 3. The summed E-state index contributed by atoms with van der Waals surface area (Å²) in [5.41, 5.74) is -3.37. The predicted molar refractivity (Wildman–Crippen MR) is 75.1 cm³/mol. The zero-order chi connectivity index (χ0) is 16.4. The maximum atomic E-state index is 12.8. The minimum Gasteiger partial charge on any atom is -0.376 e. The average Bonchev–Trinajstić information content (AvgIpc) is 2.47. The van der Waals surface area contributed by atoms with Crippen LogP contribution in [-0.2, 0) is 5.60 Å². The predicted octanol–water partition coefficient (Wildman–Crippen LogP) is 1.05. The summed E-state index contributed by atoms with van der Waals surface area (Å²) in [6.45, 7) is 4.35. The van der Waals surface area contributed by atoms with E-state index in [2.05, 4.69) is 27.1 Å². The smallest absolute Gasteiger partial charge is 0.376 e. The van der Waals surface area contributed by atoms with Crippen molar-refractivity contribution in [3.63, 3.8) is 0 Å². The fraction of sp³-hybridized carbons (Fsp3) is 0.571. The quantitative estimate of drug-likeness (QED) is 0.799. The topological polar surface area (TPSA) is 61.3 Å². The molecule has 1 aliphatic rings. The highest BCUT2D eigenvalue weighted by Gasteiger charge is 2.51. The number of nitrogens with one attached hydrogen (secondary N) is 1. The van der Waals surface area contributed by atoms with Crippen molar-refractivity contribution in [3.8, 4) is 11.8 Å². The van der Waals surface area contributed by atoms with Crippen LogP contribution in [0.4, 0.5) is 19.1 Å². The van der Waals surface area contributed by atoms with Gasteiger partial charge in [0.15, 0.2) is 5.60 Å². The number of hydrogen-bond donors (Lipinski definition) is 2. The van der Waals surface area contributed by atoms with E-state index in [0.717, 1.165) is 12.4 Å². The Labute approximate surface area is 126 Å². The Morgan fingerprint density at radius 3 is 2.55 bits per heavy atom. The highest BCUT2D eigenvalue weighted by Crippen LogP contribution is 2.38. The van der Waals surface area contributed by atoms with Crippen LogP contribution in [0.2, 0.25) is 0 Å². The first-order valence-electron chi connectivity index (χ1n) is 6.78. The number of piperazine rings is 1. The molecule has 0 saturated carbocycles. The molecule has 0 radical (unpaired) electrons. The highest BCUT2D eigenvalue weighted by molar-refractivity contribution is 5.38. The van der Waals surface area contributed by atoms with Crippen LogP contribution in [0.5, 0.6) is 0 Å². The summed E-state index contributed by atoms with van der Waals surface area (Å²) >= 11 is 0. The molecule has 22 heavy (non-hydrogen) atoms. The molecule has 5 nitrogen and oxygen atoms in total. The number of aromatic nitrogens is 2. The fourth-order valence-electron chi connectivity index (χ4n) is 2.12. The van der Waals surface area contributed by atoms with Gasteiger partial charge in [0.25, 0.3) is 0 Å². The minimum atomic E-state index is -4.79. The SMILES string of the molecule is CC#C[C@H]1CNCCN1c1ncc([C@@](C)(O)C(F)(F)F)cn1. The number of hydrogen-bond acceptors (Lipinski definition) is 5. The molecule has 0 amide bonds. The van der Waals surface area contributed by atoms with Crippen LogP contribution >= 0.6 is 0 Å². The Kier molecular flexibility index (Phi) is 4.58. The second-order valence-electron chi connectivity index (χ2n) is 5.15. The Balaban J connectivity index is 2.26. The molecule has 0 aromatic carbocycles. The lowest BCUT2D eigenvalue weighted by Gasteiger charge is -2.33. The van der Waals surface area contributed by atoms with E-state index in [-0.39, 0.29) is 6.04 Å². The molecule has 0 unspecified atom stereocenters. The van der Waals surface area contributed by atoms with Crippen LogP contribution in [-0.4, -0.2) is 46.9 Å². The van der Waals surface area contributed by atoms with Crippen molar-refractivity contribution in [2.24, 2.45) is 0 Å². The van der Waals surface area contributed by atoms with Gasteiger partial charge < -0.3 is 15.3 Å². The first kappa shape index (κ1) is 16.5. The van der Waals surface area contributed by atoms with Crippen LogP contribution in [0, 0.1) is 11.8 Å². The Hall–Kier alpha value is -1.85. The van der Waals surface area contributed by atoms with Crippen molar-refractivity contribution >= 4 is 5.95 Å². The first-order valence-corrected chi connectivity index (χ1v) is 6.78. The van der Waals surface area contributed by atoms with E-state index >= 15 is 0 Å². The molecule has 1 aromatic rings. The molecule has 0 bridgehead atoms. The molecule has 0 spiro atoms. The maximum absolute atomic E-state index is 12.8. The fourth-order valence-corrected chi connectivity index (χ4v) is 2.12. The Bertz CT molecular complexity index is 574. The van der Waals surface area contributed by atoms with Gasteiger partial charge in [-0.3, -0.25) is 0 Å². The summed E-state index contributed by atoms with van der Waals surface area (Å²) in [5.74, 6) is 6.12. The van der Waals surface area contributed by atoms with Gasteiger partial charge in [-0.15, -0.1) is 5.92 Å². The van der Waals surface area contributed by atoms with E-state index in [0.29, 0.717) is 32.5 Å². The zero-order valence-corrected chi connectivity index (χ0v) is 12.3. The largest absolute Gasteiger partial charge is 0.421 e. The summed E-state index contributed by atoms with van der Waals surface area (Å²) in [6.07, 6.45) is -2.77. The van der Waals surface area contributed by atoms with Gasteiger partial charge >= 0.3 is 6.18 Å². The van der Waals surface area contributed by atoms with Crippen LogP contribution in [0.3, 0.4) is 0 Å². The van der Waals surface area contributed by atoms with Gasteiger partial charge in [-0.25, -0.2) is 9.97 Å². The van der Waals surface area contributed by atoms with Gasteiger partial charge in [-0.05, 0) is 13.8 Å². The number of rotatable bonds is 2. The third kappa shape index (κ3) is 3.15. The maximum Gasteiger partial charge on any atom is 0.421 e. The summed E-state index contributed by atoms with van der Waals surface area (Å²) < 4.78 is 38.4. The molecule has 8 heteroatoms. The number of halogens is 3. The lowest BCUT2D eigenvalue weighted by Crippen LogP contribution is -2.51. The first-order chi connectivity index (χ1) is 10.3. The van der Waals surface area contributed by atoms with Crippen molar-refractivity contribution in [2.45, 2.75) is 31.7 Å². The van der Waals surface area contributed by atoms with E-state index in [1.165, 1.54) is 0 Å². The van der Waals surface area contributed by atoms with E-state index in [1.807, 2.05) is 4.90 Å². The summed E-state index contributed by atoms with van der Waals surface area (Å²) in [7, 11) is 0. The summed E-state index contributed by atoms with van der Waals surface area (Å²) in [4.78, 5) is 9.78. The van der Waals surface area contributed by atoms with E-state index < -0.39 is 17.3 Å². The van der Waals surface area contributed by atoms with Gasteiger partial charge in [-0.1, -0.05) is 5.92 Å². The molecule has 2 rings (SSSR count). The van der Waals surface area contributed by atoms with Crippen molar-refractivity contribution in [2.75, 3.05) is 24.5 Å². The second kappa shape index (κ2) is 6.10. The number of alkyl halides is 3. The lowest BCUT2D eigenvalue weighted by molar-refractivity contribution is -0.259. The van der Waals surface area contributed by atoms with Crippen LogP contribution in [0.1, 0.15) is 19.4 Å². The van der Waals surface area contributed by atoms with Gasteiger partial charge in [-0.2, -0.15) is 13.2 Å². The van der Waals surface area contributed by atoms with Crippen LogP contribution in [0.25, 0.3) is 0 Å². The molecule has 2 atom stereocenters. The second-order valence-corrected chi connectivity index (χ2v) is 5.15. The molecule has 2 heterocycles. The normalized spacial score (nSPS) is 21.7. The average molecular weight is 314 g/mol. The van der Waals surface area contributed by atoms with Gasteiger partial charge in [0.2, 0.25) is 5.95 Å². The molecule has 0 aliphatic carbocycles. The monoisotopic (exact) mass is 314 g/mol. The Morgan fingerprint density at radius 2 is 2.00 bits per heavy atom. The highest BCUT2D eigenvalue weighted by atomic mass is 19.4. The molecular weight excluding hydrogens is 297 g/mol. The van der Waals surface area contributed by atoms with Crippen molar-refractivity contribution in [3.05, 3.63) is 18.0 Å². The molecule has 2 N–H and O–H groups in total. The number of anilines is 1. The third-order valence-electron chi connectivity index (χ3n) is 3.56. The molecule has 120 valence electrons. The minimum absolute atomic E-state index is 0.132. The van der Waals surface area contributed by atoms with Crippen molar-refractivity contribution in [1.29, 1.82) is 0 Å². The van der Waals surface area contributed by atoms with E-state index in [1.54, 1.807) is 6.92 Å². The van der Waals surface area contributed by atoms with Crippen molar-refractivity contribution in [1.82, 2.24) is 15.3 Å². The Morgan fingerprint density at radius 1 is 1.36 bits per heavy atom. The van der Waals surface area contributed by atoms with Gasteiger partial charge in [0.05, 0.1) is 0 Å². The van der Waals surface area contributed by atoms with E-state index in [4.69, 9.17) is 0 Å². The molecule has 1 aliphatic heterocycles. The summed E-state index contributed by atoms with van der Waals surface area (Å²) in [5, 5.41) is 12.8.